The number of methoxy groups -OCH3 is 1. The van der Waals surface area contributed by atoms with Gasteiger partial charge < -0.3 is 9.84 Å². The highest BCUT2D eigenvalue weighted by atomic mass is 79.9. The summed E-state index contributed by atoms with van der Waals surface area (Å²) in [7, 11) is 1.44. The molecule has 0 aliphatic rings. The summed E-state index contributed by atoms with van der Waals surface area (Å²) in [4.78, 5) is 10.3. The van der Waals surface area contributed by atoms with Crippen molar-refractivity contribution < 1.29 is 14.6 Å². The number of phenols is 1. The molecule has 4 heteroatoms. The molecule has 0 heterocycles. The summed E-state index contributed by atoms with van der Waals surface area (Å²) in [5.41, 5.74) is 0.403. The summed E-state index contributed by atoms with van der Waals surface area (Å²) in [5.74, 6) is 0.287. The lowest BCUT2D eigenvalue weighted by molar-refractivity contribution is 0.112. The number of carbonyl (C=O) groups excluding carboxylic acids is 1. The average molecular weight is 231 g/mol. The molecule has 0 bridgehead atoms. The molecule has 0 saturated carbocycles. The zero-order valence-corrected chi connectivity index (χ0v) is 7.96. The molecule has 0 fully saturated rings. The van der Waals surface area contributed by atoms with E-state index in [0.29, 0.717) is 22.1 Å². The lowest BCUT2D eigenvalue weighted by Gasteiger charge is -2.05. The summed E-state index contributed by atoms with van der Waals surface area (Å²) in [6.45, 7) is 0. The number of ether oxygens (including phenoxy) is 1. The van der Waals surface area contributed by atoms with Crippen molar-refractivity contribution in [1.29, 1.82) is 0 Å². The van der Waals surface area contributed by atoms with Crippen molar-refractivity contribution in [2.75, 3.05) is 7.11 Å². The number of benzene rings is 1. The molecule has 0 radical (unpaired) electrons. The molecular formula is C8H7BrO3. The van der Waals surface area contributed by atoms with Crippen molar-refractivity contribution in [3.63, 3.8) is 0 Å². The molecule has 1 aromatic carbocycles. The van der Waals surface area contributed by atoms with Gasteiger partial charge in [-0.2, -0.15) is 0 Å². The first-order valence-corrected chi connectivity index (χ1v) is 4.00. The van der Waals surface area contributed by atoms with Crippen molar-refractivity contribution in [3.05, 3.63) is 22.2 Å². The van der Waals surface area contributed by atoms with Gasteiger partial charge in [-0.25, -0.2) is 0 Å². The van der Waals surface area contributed by atoms with Crippen LogP contribution in [0.1, 0.15) is 10.4 Å². The third-order valence-corrected chi connectivity index (χ3v) is 1.98. The number of rotatable bonds is 2. The van der Waals surface area contributed by atoms with Gasteiger partial charge in [0.2, 0.25) is 0 Å². The standard InChI is InChI=1S/C8H7BrO3/c1-12-8-6(9)2-5(4-10)3-7(8)11/h2-4,11H,1H3. The number of hydrogen-bond donors (Lipinski definition) is 1. The van der Waals surface area contributed by atoms with Gasteiger partial charge in [0, 0.05) is 5.56 Å². The van der Waals surface area contributed by atoms with Crippen LogP contribution in [0.3, 0.4) is 0 Å². The zero-order valence-electron chi connectivity index (χ0n) is 6.37. The first-order chi connectivity index (χ1) is 5.69. The van der Waals surface area contributed by atoms with Gasteiger partial charge in [-0.3, -0.25) is 4.79 Å². The van der Waals surface area contributed by atoms with Crippen molar-refractivity contribution in [1.82, 2.24) is 0 Å². The molecule has 0 saturated heterocycles. The van der Waals surface area contributed by atoms with Crippen molar-refractivity contribution in [2.45, 2.75) is 0 Å². The highest BCUT2D eigenvalue weighted by Gasteiger charge is 2.07. The van der Waals surface area contributed by atoms with Crippen LogP contribution in [0.4, 0.5) is 0 Å². The highest BCUT2D eigenvalue weighted by Crippen LogP contribution is 2.34. The number of halogens is 1. The fraction of sp³-hybridized carbons (Fsp3) is 0.125. The van der Waals surface area contributed by atoms with E-state index < -0.39 is 0 Å². The molecule has 0 unspecified atom stereocenters. The maximum atomic E-state index is 10.3. The number of hydrogen-bond acceptors (Lipinski definition) is 3. The van der Waals surface area contributed by atoms with Gasteiger partial charge in [0.15, 0.2) is 11.5 Å². The molecule has 1 N–H and O–H groups in total. The van der Waals surface area contributed by atoms with Crippen LogP contribution < -0.4 is 4.74 Å². The van der Waals surface area contributed by atoms with Gasteiger partial charge >= 0.3 is 0 Å². The molecule has 0 amide bonds. The normalized spacial score (nSPS) is 9.50. The Labute approximate surface area is 78.1 Å². The third kappa shape index (κ3) is 1.58. The summed E-state index contributed by atoms with van der Waals surface area (Å²) < 4.78 is 5.42. The minimum Gasteiger partial charge on any atom is -0.504 e. The van der Waals surface area contributed by atoms with E-state index in [1.807, 2.05) is 0 Å². The Kier molecular flexibility index (Phi) is 2.70. The topological polar surface area (TPSA) is 46.5 Å². The van der Waals surface area contributed by atoms with E-state index in [9.17, 15) is 9.90 Å². The van der Waals surface area contributed by atoms with E-state index in [1.165, 1.54) is 13.2 Å². The van der Waals surface area contributed by atoms with Crippen LogP contribution in [0.5, 0.6) is 11.5 Å². The second-order valence-electron chi connectivity index (χ2n) is 2.17. The Morgan fingerprint density at radius 2 is 2.25 bits per heavy atom. The minimum absolute atomic E-state index is 0.0472. The largest absolute Gasteiger partial charge is 0.504 e. The van der Waals surface area contributed by atoms with Crippen LogP contribution in [-0.4, -0.2) is 18.5 Å². The second-order valence-corrected chi connectivity index (χ2v) is 3.03. The Morgan fingerprint density at radius 1 is 1.58 bits per heavy atom. The number of phenolic OH excluding ortho intramolecular Hbond substituents is 1. The average Bonchev–Trinajstić information content (AvgIpc) is 2.03. The second kappa shape index (κ2) is 3.58. The lowest BCUT2D eigenvalue weighted by Crippen LogP contribution is -1.87. The Bertz CT molecular complexity index is 286. The van der Waals surface area contributed by atoms with E-state index in [2.05, 4.69) is 15.9 Å². The van der Waals surface area contributed by atoms with Crippen molar-refractivity contribution >= 4 is 22.2 Å². The van der Waals surface area contributed by atoms with Gasteiger partial charge in [0.1, 0.15) is 6.29 Å². The molecule has 64 valence electrons. The fourth-order valence-electron chi connectivity index (χ4n) is 0.869. The van der Waals surface area contributed by atoms with Gasteiger partial charge in [0.05, 0.1) is 11.6 Å². The summed E-state index contributed by atoms with van der Waals surface area (Å²) in [5, 5.41) is 9.29. The van der Waals surface area contributed by atoms with Crippen LogP contribution in [-0.2, 0) is 0 Å². The van der Waals surface area contributed by atoms with Crippen LogP contribution >= 0.6 is 15.9 Å². The number of aldehydes is 1. The van der Waals surface area contributed by atoms with E-state index in [4.69, 9.17) is 4.74 Å². The van der Waals surface area contributed by atoms with Gasteiger partial charge in [-0.05, 0) is 28.1 Å². The Balaban J connectivity index is 3.27. The first-order valence-electron chi connectivity index (χ1n) is 3.20. The predicted molar refractivity (Wildman–Crippen MR) is 47.7 cm³/mol. The molecule has 1 aromatic rings. The Morgan fingerprint density at radius 3 is 2.67 bits per heavy atom. The molecule has 0 aliphatic heterocycles. The molecule has 0 aliphatic carbocycles. The SMILES string of the molecule is COc1c(O)cc(C=O)cc1Br. The lowest BCUT2D eigenvalue weighted by atomic mass is 10.2. The minimum atomic E-state index is -0.0472. The maximum absolute atomic E-state index is 10.3. The van der Waals surface area contributed by atoms with Crippen LogP contribution in [0.15, 0.2) is 16.6 Å². The third-order valence-electron chi connectivity index (χ3n) is 1.39. The van der Waals surface area contributed by atoms with Gasteiger partial charge in [-0.15, -0.1) is 0 Å². The maximum Gasteiger partial charge on any atom is 0.174 e. The summed E-state index contributed by atoms with van der Waals surface area (Å²) >= 11 is 3.16. The van der Waals surface area contributed by atoms with E-state index in [1.54, 1.807) is 6.07 Å². The number of aromatic hydroxyl groups is 1. The van der Waals surface area contributed by atoms with Crippen molar-refractivity contribution in [2.24, 2.45) is 0 Å². The van der Waals surface area contributed by atoms with Crippen LogP contribution in [0.2, 0.25) is 0 Å². The summed E-state index contributed by atoms with van der Waals surface area (Å²) in [6, 6.07) is 2.92. The van der Waals surface area contributed by atoms with E-state index in [0.717, 1.165) is 0 Å². The van der Waals surface area contributed by atoms with E-state index in [-0.39, 0.29) is 5.75 Å². The van der Waals surface area contributed by atoms with Gasteiger partial charge in [-0.1, -0.05) is 0 Å². The molecule has 1 rings (SSSR count). The quantitative estimate of drug-likeness (QED) is 0.791. The zero-order chi connectivity index (χ0) is 9.14. The monoisotopic (exact) mass is 230 g/mol. The molecule has 12 heavy (non-hydrogen) atoms. The smallest absolute Gasteiger partial charge is 0.174 e. The molecule has 3 nitrogen and oxygen atoms in total. The fourth-order valence-corrected chi connectivity index (χ4v) is 1.50. The molecule has 0 spiro atoms. The van der Waals surface area contributed by atoms with Crippen molar-refractivity contribution in [3.8, 4) is 11.5 Å². The molecule has 0 atom stereocenters. The first kappa shape index (κ1) is 9.06. The highest BCUT2D eigenvalue weighted by molar-refractivity contribution is 9.10. The summed E-state index contributed by atoms with van der Waals surface area (Å²) in [6.07, 6.45) is 0.657. The Hall–Kier alpha value is -1.03. The molecular weight excluding hydrogens is 224 g/mol. The van der Waals surface area contributed by atoms with Crippen LogP contribution in [0, 0.1) is 0 Å². The number of carbonyl (C=O) groups is 1. The van der Waals surface area contributed by atoms with Crippen LogP contribution in [0.25, 0.3) is 0 Å². The van der Waals surface area contributed by atoms with E-state index >= 15 is 0 Å². The predicted octanol–water partition coefficient (Wildman–Crippen LogP) is 1.98. The van der Waals surface area contributed by atoms with Gasteiger partial charge in [0.25, 0.3) is 0 Å². The molecule has 0 aromatic heterocycles.